The number of terminal acetylenes is 1. The van der Waals surface area contributed by atoms with E-state index >= 15 is 0 Å². The third-order valence-corrected chi connectivity index (χ3v) is 6.70. The van der Waals surface area contributed by atoms with Gasteiger partial charge in [-0.1, -0.05) is 96.9 Å². The first-order chi connectivity index (χ1) is 18.8. The third-order valence-electron chi connectivity index (χ3n) is 6.70. The largest absolute Gasteiger partial charge is 0.657 e. The smallest absolute Gasteiger partial charge is 0.0781 e. The maximum absolute atomic E-state index is 6.04. The number of hydrogen-bond donors (Lipinski definition) is 0. The van der Waals surface area contributed by atoms with E-state index in [4.69, 9.17) is 26.4 Å². The summed E-state index contributed by atoms with van der Waals surface area (Å²) in [5, 5.41) is 0. The maximum atomic E-state index is 6.04. The van der Waals surface area contributed by atoms with Gasteiger partial charge in [0.1, 0.15) is 0 Å². The van der Waals surface area contributed by atoms with E-state index in [2.05, 4.69) is 30.2 Å². The molecule has 0 N–H and O–H groups in total. The van der Waals surface area contributed by atoms with Crippen molar-refractivity contribution >= 4 is 46.4 Å². The maximum Gasteiger partial charge on any atom is 0.0781 e. The van der Waals surface area contributed by atoms with Crippen molar-refractivity contribution in [2.24, 2.45) is 0 Å². The molecule has 0 atom stereocenters. The molecule has 5 aromatic rings. The Morgan fingerprint density at radius 3 is 1.82 bits per heavy atom. The van der Waals surface area contributed by atoms with Gasteiger partial charge in [-0.05, 0) is 46.6 Å². The molecule has 5 heteroatoms. The van der Waals surface area contributed by atoms with E-state index in [0.717, 1.165) is 55.9 Å². The van der Waals surface area contributed by atoms with Gasteiger partial charge in [-0.25, -0.2) is 9.97 Å². The Morgan fingerprint density at radius 2 is 1.13 bits per heavy atom. The fourth-order valence-electron chi connectivity index (χ4n) is 4.97. The van der Waals surface area contributed by atoms with Gasteiger partial charge >= 0.3 is 0 Å². The van der Waals surface area contributed by atoms with Crippen molar-refractivity contribution in [2.45, 2.75) is 0 Å². The molecule has 0 unspecified atom stereocenters. The Kier molecular flexibility index (Phi) is 6.34. The SMILES string of the molecule is C#Cc1c2nc(c(-c3ccccc3)c3ccc(cc4nc(c(-c5ccccc5)c5ccc1[n-]5)C=C4)[n-]3)C=C2.[Fe]. The number of benzene rings is 2. The van der Waals surface area contributed by atoms with Crippen LogP contribution in [0, 0.1) is 12.3 Å². The summed E-state index contributed by atoms with van der Waals surface area (Å²) in [5.41, 5.74) is 11.0. The fraction of sp³-hybridized carbons (Fsp3) is 0. The van der Waals surface area contributed by atoms with E-state index in [9.17, 15) is 0 Å². The number of nitrogens with zero attached hydrogens (tertiary/aromatic N) is 4. The second-order valence-electron chi connectivity index (χ2n) is 9.09. The van der Waals surface area contributed by atoms with Crippen molar-refractivity contribution in [2.75, 3.05) is 0 Å². The van der Waals surface area contributed by atoms with Crippen LogP contribution in [0.5, 0.6) is 0 Å². The Balaban J connectivity index is 0.00000277. The second kappa shape index (κ2) is 10.1. The zero-order valence-corrected chi connectivity index (χ0v) is 21.8. The van der Waals surface area contributed by atoms with Gasteiger partial charge in [0.05, 0.1) is 22.8 Å². The van der Waals surface area contributed by atoms with Crippen LogP contribution in [0.15, 0.2) is 91.0 Å². The molecule has 0 fully saturated rings. The summed E-state index contributed by atoms with van der Waals surface area (Å²) in [4.78, 5) is 19.9. The zero-order chi connectivity index (χ0) is 25.5. The normalized spacial score (nSPS) is 11.7. The van der Waals surface area contributed by atoms with Gasteiger partial charge in [0.2, 0.25) is 0 Å². The molecule has 3 aromatic heterocycles. The molecule has 0 spiro atoms. The summed E-state index contributed by atoms with van der Waals surface area (Å²) in [7, 11) is 0. The molecule has 39 heavy (non-hydrogen) atoms. The number of aromatic nitrogens is 4. The predicted molar refractivity (Wildman–Crippen MR) is 156 cm³/mol. The minimum absolute atomic E-state index is 0. The van der Waals surface area contributed by atoms with Gasteiger partial charge in [-0.3, -0.25) is 0 Å². The van der Waals surface area contributed by atoms with Crippen LogP contribution in [0.2, 0.25) is 0 Å². The number of hydrogen-bond acceptors (Lipinski definition) is 2. The minimum Gasteiger partial charge on any atom is -0.657 e. The van der Waals surface area contributed by atoms with Crippen molar-refractivity contribution in [3.63, 3.8) is 0 Å². The van der Waals surface area contributed by atoms with Crippen LogP contribution in [-0.4, -0.2) is 9.97 Å². The standard InChI is InChI=1S/C34H20N4.Fe/c1-2-26-27-17-19-31(37-27)33(22-9-5-3-6-10-22)29-15-13-24(35-29)21-25-14-16-30(36-25)34(23-11-7-4-8-12-23)32-20-18-28(26)38-32;/h1,3-21H;/q-2;. The molecule has 8 bridgehead atoms. The first-order valence-electron chi connectivity index (χ1n) is 12.4. The summed E-state index contributed by atoms with van der Waals surface area (Å²) >= 11 is 0. The summed E-state index contributed by atoms with van der Waals surface area (Å²) in [6.45, 7) is 0. The van der Waals surface area contributed by atoms with E-state index in [1.54, 1.807) is 0 Å². The molecule has 2 aromatic carbocycles. The molecular formula is C34H20FeN4-2. The van der Waals surface area contributed by atoms with Crippen LogP contribution in [0.4, 0.5) is 0 Å². The van der Waals surface area contributed by atoms with Gasteiger partial charge in [-0.2, -0.15) is 0 Å². The molecule has 186 valence electrons. The molecule has 5 heterocycles. The molecule has 0 saturated heterocycles. The molecule has 2 aliphatic rings. The van der Waals surface area contributed by atoms with Crippen LogP contribution >= 0.6 is 0 Å². The Labute approximate surface area is 236 Å². The van der Waals surface area contributed by atoms with Crippen molar-refractivity contribution in [1.29, 1.82) is 0 Å². The van der Waals surface area contributed by atoms with E-state index in [-0.39, 0.29) is 17.1 Å². The average molecular weight is 540 g/mol. The Bertz CT molecular complexity index is 1930. The number of rotatable bonds is 2. The van der Waals surface area contributed by atoms with Gasteiger partial charge in [0.15, 0.2) is 0 Å². The topological polar surface area (TPSA) is 54.0 Å². The molecule has 4 nitrogen and oxygen atoms in total. The van der Waals surface area contributed by atoms with Gasteiger partial charge in [0.25, 0.3) is 0 Å². The fourth-order valence-corrected chi connectivity index (χ4v) is 4.97. The van der Waals surface area contributed by atoms with Crippen molar-refractivity contribution in [3.05, 3.63) is 119 Å². The summed E-state index contributed by atoms with van der Waals surface area (Å²) in [6.07, 6.45) is 14.0. The summed E-state index contributed by atoms with van der Waals surface area (Å²) in [6, 6.07) is 30.4. The van der Waals surface area contributed by atoms with Crippen LogP contribution in [0.25, 0.3) is 68.6 Å². The molecule has 7 rings (SSSR count). The first kappa shape index (κ1) is 24.5. The first-order valence-corrected chi connectivity index (χ1v) is 12.4. The van der Waals surface area contributed by atoms with E-state index in [1.165, 1.54) is 0 Å². The summed E-state index contributed by atoms with van der Waals surface area (Å²) < 4.78 is 0. The molecule has 2 aliphatic heterocycles. The molecule has 0 aliphatic carbocycles. The second-order valence-corrected chi connectivity index (χ2v) is 9.09. The van der Waals surface area contributed by atoms with Crippen molar-refractivity contribution in [1.82, 2.24) is 19.9 Å². The van der Waals surface area contributed by atoms with Crippen LogP contribution in [0.1, 0.15) is 28.3 Å². The number of fused-ring (bicyclic) bond motifs is 8. The van der Waals surface area contributed by atoms with Crippen molar-refractivity contribution in [3.8, 4) is 34.6 Å². The van der Waals surface area contributed by atoms with Crippen LogP contribution in [0.3, 0.4) is 0 Å². The van der Waals surface area contributed by atoms with E-state index in [1.807, 2.05) is 91.0 Å². The monoisotopic (exact) mass is 540 g/mol. The average Bonchev–Trinajstić information content (AvgIpc) is 3.77. The predicted octanol–water partition coefficient (Wildman–Crippen LogP) is 7.23. The summed E-state index contributed by atoms with van der Waals surface area (Å²) in [5.74, 6) is 2.84. The van der Waals surface area contributed by atoms with Gasteiger partial charge in [-0.15, -0.1) is 28.5 Å². The van der Waals surface area contributed by atoms with Gasteiger partial charge in [0, 0.05) is 22.6 Å². The van der Waals surface area contributed by atoms with Crippen LogP contribution < -0.4 is 9.97 Å². The molecule has 0 saturated carbocycles. The minimum atomic E-state index is 0. The van der Waals surface area contributed by atoms with Gasteiger partial charge < -0.3 is 9.97 Å². The molecule has 0 amide bonds. The van der Waals surface area contributed by atoms with E-state index < -0.39 is 0 Å². The zero-order valence-electron chi connectivity index (χ0n) is 20.7. The third kappa shape index (κ3) is 4.43. The Morgan fingerprint density at radius 1 is 0.564 bits per heavy atom. The van der Waals surface area contributed by atoms with Crippen molar-refractivity contribution < 1.29 is 17.1 Å². The van der Waals surface area contributed by atoms with Crippen LogP contribution in [-0.2, 0) is 17.1 Å². The van der Waals surface area contributed by atoms with E-state index in [0.29, 0.717) is 16.8 Å². The Hall–Kier alpha value is -4.88. The quantitative estimate of drug-likeness (QED) is 0.172. The molecule has 0 radical (unpaired) electrons. The molecular weight excluding hydrogens is 520 g/mol.